The summed E-state index contributed by atoms with van der Waals surface area (Å²) in [7, 11) is 1.28. The Morgan fingerprint density at radius 2 is 1.79 bits per heavy atom. The number of thiophene rings is 1. The number of amides is 1. The van der Waals surface area contributed by atoms with E-state index in [9.17, 15) is 19.5 Å². The van der Waals surface area contributed by atoms with Crippen LogP contribution in [0.1, 0.15) is 23.2 Å². The minimum Gasteiger partial charge on any atom is -0.481 e. The van der Waals surface area contributed by atoms with Crippen LogP contribution in [0.2, 0.25) is 0 Å². The van der Waals surface area contributed by atoms with E-state index < -0.39 is 29.7 Å². The number of anilines is 1. The highest BCUT2D eigenvalue weighted by molar-refractivity contribution is 9.10. The van der Waals surface area contributed by atoms with Crippen LogP contribution >= 0.6 is 27.3 Å². The smallest absolute Gasteiger partial charge is 0.341 e. The number of benzene rings is 1. The van der Waals surface area contributed by atoms with Crippen LogP contribution in [0.5, 0.6) is 0 Å². The summed E-state index contributed by atoms with van der Waals surface area (Å²) in [5.74, 6) is -3.44. The normalized spacial score (nSPS) is 18.5. The Morgan fingerprint density at radius 1 is 1.14 bits per heavy atom. The molecule has 1 aliphatic carbocycles. The summed E-state index contributed by atoms with van der Waals surface area (Å²) in [5, 5.41) is 14.3. The second-order valence-corrected chi connectivity index (χ2v) is 8.13. The van der Waals surface area contributed by atoms with E-state index in [4.69, 9.17) is 4.74 Å². The van der Waals surface area contributed by atoms with E-state index in [0.29, 0.717) is 23.4 Å². The number of hydrogen-bond acceptors (Lipinski definition) is 5. The van der Waals surface area contributed by atoms with Crippen LogP contribution in [0.25, 0.3) is 11.1 Å². The second-order valence-electron chi connectivity index (χ2n) is 6.34. The first-order valence-corrected chi connectivity index (χ1v) is 10.2. The number of carboxylic acids is 1. The average Bonchev–Trinajstić information content (AvgIpc) is 3.11. The molecule has 146 valence electrons. The molecule has 0 fully saturated rings. The summed E-state index contributed by atoms with van der Waals surface area (Å²) in [5.41, 5.74) is 1.73. The highest BCUT2D eigenvalue weighted by Gasteiger charge is 2.35. The van der Waals surface area contributed by atoms with Gasteiger partial charge in [0.05, 0.1) is 18.9 Å². The minimum absolute atomic E-state index is 0.265. The molecule has 28 heavy (non-hydrogen) atoms. The number of aliphatic carboxylic acids is 1. The third kappa shape index (κ3) is 4.18. The highest BCUT2D eigenvalue weighted by Crippen LogP contribution is 2.37. The Morgan fingerprint density at radius 3 is 2.39 bits per heavy atom. The quantitative estimate of drug-likeness (QED) is 0.500. The zero-order chi connectivity index (χ0) is 20.3. The number of carbonyl (C=O) groups is 3. The van der Waals surface area contributed by atoms with E-state index in [1.165, 1.54) is 18.4 Å². The molecule has 0 bridgehead atoms. The SMILES string of the molecule is COC(=O)c1c(-c2ccc(Br)cc2)csc1NC(=O)[C@@H]1CC=CC[C@@H]1C(=O)O. The largest absolute Gasteiger partial charge is 0.481 e. The van der Waals surface area contributed by atoms with Crippen LogP contribution in [-0.2, 0) is 14.3 Å². The molecule has 1 aromatic heterocycles. The lowest BCUT2D eigenvalue weighted by atomic mass is 9.82. The van der Waals surface area contributed by atoms with Gasteiger partial charge in [-0.2, -0.15) is 0 Å². The maximum absolute atomic E-state index is 12.8. The number of carboxylic acid groups (broad SMARTS) is 1. The first kappa shape index (κ1) is 20.3. The third-order valence-corrected chi connectivity index (χ3v) is 6.08. The van der Waals surface area contributed by atoms with Gasteiger partial charge in [-0.3, -0.25) is 9.59 Å². The van der Waals surface area contributed by atoms with Crippen molar-refractivity contribution in [1.29, 1.82) is 0 Å². The first-order valence-electron chi connectivity index (χ1n) is 8.56. The highest BCUT2D eigenvalue weighted by atomic mass is 79.9. The molecule has 2 aromatic rings. The number of methoxy groups -OCH3 is 1. The minimum atomic E-state index is -1.00. The number of hydrogen-bond donors (Lipinski definition) is 2. The lowest BCUT2D eigenvalue weighted by molar-refractivity contribution is -0.146. The van der Waals surface area contributed by atoms with E-state index in [1.54, 1.807) is 11.5 Å². The van der Waals surface area contributed by atoms with Gasteiger partial charge < -0.3 is 15.2 Å². The number of nitrogens with one attached hydrogen (secondary N) is 1. The van der Waals surface area contributed by atoms with Crippen LogP contribution in [0.15, 0.2) is 46.3 Å². The predicted molar refractivity (Wildman–Crippen MR) is 110 cm³/mol. The van der Waals surface area contributed by atoms with Gasteiger partial charge in [0.2, 0.25) is 5.91 Å². The second kappa shape index (κ2) is 8.70. The molecule has 1 aromatic carbocycles. The van der Waals surface area contributed by atoms with E-state index in [1.807, 2.05) is 30.3 Å². The van der Waals surface area contributed by atoms with Gasteiger partial charge in [0, 0.05) is 15.4 Å². The number of ether oxygens (including phenoxy) is 1. The van der Waals surface area contributed by atoms with Gasteiger partial charge in [0.15, 0.2) is 0 Å². The van der Waals surface area contributed by atoms with E-state index >= 15 is 0 Å². The van der Waals surface area contributed by atoms with Gasteiger partial charge in [0.25, 0.3) is 0 Å². The molecule has 3 rings (SSSR count). The van der Waals surface area contributed by atoms with Gasteiger partial charge >= 0.3 is 11.9 Å². The summed E-state index contributed by atoms with van der Waals surface area (Å²) in [6.45, 7) is 0. The number of carbonyl (C=O) groups excluding carboxylic acids is 2. The van der Waals surface area contributed by atoms with Crippen molar-refractivity contribution in [2.75, 3.05) is 12.4 Å². The van der Waals surface area contributed by atoms with Crippen molar-refractivity contribution < 1.29 is 24.2 Å². The van der Waals surface area contributed by atoms with Crippen molar-refractivity contribution >= 4 is 50.1 Å². The standard InChI is InChI=1S/C20H18BrNO5S/c1-27-20(26)16-15(11-6-8-12(21)9-7-11)10-28-18(16)22-17(23)13-4-2-3-5-14(13)19(24)25/h2-3,6-10,13-14H,4-5H2,1H3,(H,22,23)(H,24,25)/t13-,14+/m1/s1. The van der Waals surface area contributed by atoms with Gasteiger partial charge in [-0.05, 0) is 30.5 Å². The van der Waals surface area contributed by atoms with E-state index in [0.717, 1.165) is 10.0 Å². The average molecular weight is 464 g/mol. The summed E-state index contributed by atoms with van der Waals surface area (Å²) < 4.78 is 5.82. The molecular formula is C20H18BrNO5S. The molecule has 0 unspecified atom stereocenters. The lowest BCUT2D eigenvalue weighted by Gasteiger charge is -2.24. The zero-order valence-corrected chi connectivity index (χ0v) is 17.4. The predicted octanol–water partition coefficient (Wildman–Crippen LogP) is 4.57. The Bertz CT molecular complexity index is 935. The third-order valence-electron chi connectivity index (χ3n) is 4.66. The molecule has 0 radical (unpaired) electrons. The van der Waals surface area contributed by atoms with Crippen LogP contribution < -0.4 is 5.32 Å². The van der Waals surface area contributed by atoms with Crippen LogP contribution in [0.4, 0.5) is 5.00 Å². The number of halogens is 1. The molecular weight excluding hydrogens is 446 g/mol. The maximum Gasteiger partial charge on any atom is 0.341 e. The molecule has 0 saturated heterocycles. The summed E-state index contributed by atoms with van der Waals surface area (Å²) in [6.07, 6.45) is 4.25. The van der Waals surface area contributed by atoms with Gasteiger partial charge in [0.1, 0.15) is 10.6 Å². The molecule has 1 aliphatic rings. The number of esters is 1. The molecule has 6 nitrogen and oxygen atoms in total. The fourth-order valence-corrected chi connectivity index (χ4v) is 4.40. The van der Waals surface area contributed by atoms with Crippen molar-refractivity contribution in [3.05, 3.63) is 51.8 Å². The number of allylic oxidation sites excluding steroid dienone is 2. The maximum atomic E-state index is 12.8. The van der Waals surface area contributed by atoms with Crippen molar-refractivity contribution in [1.82, 2.24) is 0 Å². The summed E-state index contributed by atoms with van der Waals surface area (Å²) in [4.78, 5) is 36.7. The van der Waals surface area contributed by atoms with Crippen LogP contribution in [-0.4, -0.2) is 30.1 Å². The Hall–Kier alpha value is -2.45. The topological polar surface area (TPSA) is 92.7 Å². The summed E-state index contributed by atoms with van der Waals surface area (Å²) in [6, 6.07) is 7.43. The molecule has 8 heteroatoms. The summed E-state index contributed by atoms with van der Waals surface area (Å²) >= 11 is 4.59. The molecule has 0 spiro atoms. The van der Waals surface area contributed by atoms with Crippen LogP contribution in [0, 0.1) is 11.8 Å². The van der Waals surface area contributed by atoms with Gasteiger partial charge in [-0.15, -0.1) is 11.3 Å². The first-order chi connectivity index (χ1) is 13.4. The van der Waals surface area contributed by atoms with Crippen molar-refractivity contribution in [3.8, 4) is 11.1 Å². The Balaban J connectivity index is 1.92. The van der Waals surface area contributed by atoms with Gasteiger partial charge in [-0.25, -0.2) is 4.79 Å². The monoisotopic (exact) mass is 463 g/mol. The molecule has 0 saturated carbocycles. The fourth-order valence-electron chi connectivity index (χ4n) is 3.18. The van der Waals surface area contributed by atoms with Crippen molar-refractivity contribution in [3.63, 3.8) is 0 Å². The molecule has 2 atom stereocenters. The Labute approximate surface area is 174 Å². The molecule has 0 aliphatic heterocycles. The number of rotatable bonds is 5. The van der Waals surface area contributed by atoms with Gasteiger partial charge in [-0.1, -0.05) is 40.2 Å². The van der Waals surface area contributed by atoms with E-state index in [2.05, 4.69) is 21.2 Å². The van der Waals surface area contributed by atoms with Crippen molar-refractivity contribution in [2.45, 2.75) is 12.8 Å². The zero-order valence-electron chi connectivity index (χ0n) is 15.0. The lowest BCUT2D eigenvalue weighted by Crippen LogP contribution is -2.34. The van der Waals surface area contributed by atoms with E-state index in [-0.39, 0.29) is 5.56 Å². The Kier molecular flexibility index (Phi) is 6.31. The van der Waals surface area contributed by atoms with Crippen LogP contribution in [0.3, 0.4) is 0 Å². The molecule has 1 amide bonds. The van der Waals surface area contributed by atoms with Crippen molar-refractivity contribution in [2.24, 2.45) is 11.8 Å². The molecule has 2 N–H and O–H groups in total. The fraction of sp³-hybridized carbons (Fsp3) is 0.250. The molecule has 1 heterocycles.